The predicted molar refractivity (Wildman–Crippen MR) is 80.9 cm³/mol. The first-order valence-corrected chi connectivity index (χ1v) is 7.63. The Labute approximate surface area is 121 Å². The Morgan fingerprint density at radius 3 is 2.80 bits per heavy atom. The summed E-state index contributed by atoms with van der Waals surface area (Å²) < 4.78 is 11.5. The van der Waals surface area contributed by atoms with Gasteiger partial charge in [-0.3, -0.25) is 0 Å². The monoisotopic (exact) mass is 276 g/mol. The van der Waals surface area contributed by atoms with Crippen LogP contribution in [0.2, 0.25) is 0 Å². The highest BCUT2D eigenvalue weighted by Gasteiger charge is 2.26. The molecule has 1 aromatic carbocycles. The molecule has 0 radical (unpaired) electrons. The fourth-order valence-corrected chi connectivity index (χ4v) is 2.97. The van der Waals surface area contributed by atoms with Crippen LogP contribution in [0.25, 0.3) is 0 Å². The molecular formula is C16H24N2O2. The van der Waals surface area contributed by atoms with E-state index >= 15 is 0 Å². The van der Waals surface area contributed by atoms with Crippen LogP contribution in [0.5, 0.6) is 11.5 Å². The molecule has 1 saturated heterocycles. The lowest BCUT2D eigenvalue weighted by Gasteiger charge is -2.40. The molecule has 20 heavy (non-hydrogen) atoms. The predicted octanol–water partition coefficient (Wildman–Crippen LogP) is 2.28. The van der Waals surface area contributed by atoms with Crippen molar-refractivity contribution in [2.75, 3.05) is 37.7 Å². The van der Waals surface area contributed by atoms with Gasteiger partial charge in [-0.05, 0) is 18.1 Å². The van der Waals surface area contributed by atoms with Crippen molar-refractivity contribution in [2.24, 2.45) is 5.92 Å². The summed E-state index contributed by atoms with van der Waals surface area (Å²) in [7, 11) is 0. The highest BCUT2D eigenvalue weighted by Crippen LogP contribution is 2.35. The van der Waals surface area contributed by atoms with Crippen LogP contribution >= 0.6 is 0 Å². The van der Waals surface area contributed by atoms with Crippen molar-refractivity contribution in [3.05, 3.63) is 18.2 Å². The Bertz CT molecular complexity index is 462. The van der Waals surface area contributed by atoms with Crippen molar-refractivity contribution >= 4 is 5.69 Å². The quantitative estimate of drug-likeness (QED) is 0.898. The van der Waals surface area contributed by atoms with Crippen molar-refractivity contribution in [2.45, 2.75) is 26.3 Å². The van der Waals surface area contributed by atoms with E-state index in [1.165, 1.54) is 5.69 Å². The fraction of sp³-hybridized carbons (Fsp3) is 0.625. The highest BCUT2D eigenvalue weighted by atomic mass is 16.5. The van der Waals surface area contributed by atoms with Crippen molar-refractivity contribution in [1.82, 2.24) is 5.32 Å². The van der Waals surface area contributed by atoms with Crippen molar-refractivity contribution < 1.29 is 9.47 Å². The third-order valence-corrected chi connectivity index (χ3v) is 4.12. The standard InChI is InChI=1S/C16H24N2O2/c1-12(2)14-11-17-6-7-18(14)13-4-5-15-16(10-13)20-9-3-8-19-15/h4-5,10,12,14,17H,3,6-9,11H2,1-2H3. The molecule has 1 fully saturated rings. The largest absolute Gasteiger partial charge is 0.490 e. The maximum atomic E-state index is 5.81. The van der Waals surface area contributed by atoms with E-state index in [2.05, 4.69) is 42.3 Å². The Kier molecular flexibility index (Phi) is 4.01. The SMILES string of the molecule is CC(C)C1CNCCN1c1ccc2c(c1)OCCCO2. The Hall–Kier alpha value is -1.42. The average molecular weight is 276 g/mol. The number of fused-ring (bicyclic) bond motifs is 1. The van der Waals surface area contributed by atoms with Crippen LogP contribution in [0, 0.1) is 5.92 Å². The first-order chi connectivity index (χ1) is 9.75. The van der Waals surface area contributed by atoms with Crippen LogP contribution in [-0.4, -0.2) is 38.9 Å². The molecular weight excluding hydrogens is 252 g/mol. The molecule has 1 N–H and O–H groups in total. The molecule has 110 valence electrons. The number of benzene rings is 1. The van der Waals surface area contributed by atoms with Crippen molar-refractivity contribution in [1.29, 1.82) is 0 Å². The number of rotatable bonds is 2. The first-order valence-electron chi connectivity index (χ1n) is 7.63. The van der Waals surface area contributed by atoms with Crippen LogP contribution in [0.15, 0.2) is 18.2 Å². The second-order valence-electron chi connectivity index (χ2n) is 5.89. The third kappa shape index (κ3) is 2.70. The van der Waals surface area contributed by atoms with Gasteiger partial charge < -0.3 is 19.7 Å². The van der Waals surface area contributed by atoms with E-state index in [9.17, 15) is 0 Å². The van der Waals surface area contributed by atoms with Gasteiger partial charge in [-0.2, -0.15) is 0 Å². The van der Waals surface area contributed by atoms with Gasteiger partial charge in [0.2, 0.25) is 0 Å². The van der Waals surface area contributed by atoms with E-state index < -0.39 is 0 Å². The zero-order valence-electron chi connectivity index (χ0n) is 12.4. The highest BCUT2D eigenvalue weighted by molar-refractivity contribution is 5.57. The van der Waals surface area contributed by atoms with E-state index in [1.807, 2.05) is 0 Å². The lowest BCUT2D eigenvalue weighted by molar-refractivity contribution is 0.297. The van der Waals surface area contributed by atoms with E-state index in [4.69, 9.17) is 9.47 Å². The Morgan fingerprint density at radius 1 is 1.20 bits per heavy atom. The molecule has 0 bridgehead atoms. The number of anilines is 1. The Balaban J connectivity index is 1.87. The normalized spacial score (nSPS) is 22.8. The van der Waals surface area contributed by atoms with Crippen LogP contribution in [0.3, 0.4) is 0 Å². The molecule has 0 saturated carbocycles. The van der Waals surface area contributed by atoms with Gasteiger partial charge in [-0.25, -0.2) is 0 Å². The third-order valence-electron chi connectivity index (χ3n) is 4.12. The molecule has 0 aromatic heterocycles. The van der Waals surface area contributed by atoms with E-state index in [0.717, 1.165) is 50.8 Å². The minimum atomic E-state index is 0.536. The Morgan fingerprint density at radius 2 is 2.00 bits per heavy atom. The lowest BCUT2D eigenvalue weighted by Crippen LogP contribution is -2.53. The summed E-state index contributed by atoms with van der Waals surface area (Å²) in [6, 6.07) is 6.89. The van der Waals surface area contributed by atoms with E-state index in [0.29, 0.717) is 12.0 Å². The molecule has 2 heterocycles. The average Bonchev–Trinajstić information content (AvgIpc) is 2.71. The molecule has 4 heteroatoms. The van der Waals surface area contributed by atoms with Crippen LogP contribution in [0.4, 0.5) is 5.69 Å². The summed E-state index contributed by atoms with van der Waals surface area (Å²) in [6.07, 6.45) is 0.951. The van der Waals surface area contributed by atoms with Gasteiger partial charge in [-0.15, -0.1) is 0 Å². The van der Waals surface area contributed by atoms with Crippen molar-refractivity contribution in [3.63, 3.8) is 0 Å². The zero-order valence-corrected chi connectivity index (χ0v) is 12.4. The van der Waals surface area contributed by atoms with Gasteiger partial charge in [0.1, 0.15) is 0 Å². The molecule has 2 aliphatic rings. The van der Waals surface area contributed by atoms with Crippen LogP contribution < -0.4 is 19.7 Å². The molecule has 2 aliphatic heterocycles. The fourth-order valence-electron chi connectivity index (χ4n) is 2.97. The summed E-state index contributed by atoms with van der Waals surface area (Å²) in [5.74, 6) is 2.39. The number of nitrogens with one attached hydrogen (secondary N) is 1. The number of ether oxygens (including phenoxy) is 2. The minimum Gasteiger partial charge on any atom is -0.490 e. The van der Waals surface area contributed by atoms with E-state index in [-0.39, 0.29) is 0 Å². The number of nitrogens with zero attached hydrogens (tertiary/aromatic N) is 1. The lowest BCUT2D eigenvalue weighted by atomic mass is 9.99. The zero-order chi connectivity index (χ0) is 13.9. The summed E-state index contributed by atoms with van der Waals surface area (Å²) in [5, 5.41) is 3.49. The maximum absolute atomic E-state index is 5.81. The van der Waals surface area contributed by atoms with Gasteiger partial charge in [0.15, 0.2) is 11.5 Å². The molecule has 1 unspecified atom stereocenters. The van der Waals surface area contributed by atoms with Crippen LogP contribution in [-0.2, 0) is 0 Å². The van der Waals surface area contributed by atoms with Crippen molar-refractivity contribution in [3.8, 4) is 11.5 Å². The molecule has 0 spiro atoms. The van der Waals surface area contributed by atoms with Crippen LogP contribution in [0.1, 0.15) is 20.3 Å². The smallest absolute Gasteiger partial charge is 0.163 e. The molecule has 0 aliphatic carbocycles. The van der Waals surface area contributed by atoms with Gasteiger partial charge in [0.25, 0.3) is 0 Å². The van der Waals surface area contributed by atoms with Gasteiger partial charge in [0.05, 0.1) is 13.2 Å². The number of piperazine rings is 1. The maximum Gasteiger partial charge on any atom is 0.163 e. The first kappa shape index (κ1) is 13.6. The second-order valence-corrected chi connectivity index (χ2v) is 5.89. The topological polar surface area (TPSA) is 33.7 Å². The molecule has 1 atom stereocenters. The summed E-state index contributed by atoms with van der Waals surface area (Å²) in [5.41, 5.74) is 1.24. The summed E-state index contributed by atoms with van der Waals surface area (Å²) in [6.45, 7) is 9.19. The summed E-state index contributed by atoms with van der Waals surface area (Å²) in [4.78, 5) is 2.50. The molecule has 0 amide bonds. The molecule has 3 rings (SSSR count). The molecule has 1 aromatic rings. The minimum absolute atomic E-state index is 0.536. The second kappa shape index (κ2) is 5.92. The van der Waals surface area contributed by atoms with Gasteiger partial charge in [0, 0.05) is 43.9 Å². The van der Waals surface area contributed by atoms with Gasteiger partial charge in [-0.1, -0.05) is 13.8 Å². The van der Waals surface area contributed by atoms with Gasteiger partial charge >= 0.3 is 0 Å². The number of hydrogen-bond acceptors (Lipinski definition) is 4. The number of hydrogen-bond donors (Lipinski definition) is 1. The molecule has 4 nitrogen and oxygen atoms in total. The summed E-state index contributed by atoms with van der Waals surface area (Å²) >= 11 is 0. The van der Waals surface area contributed by atoms with E-state index in [1.54, 1.807) is 0 Å².